The topological polar surface area (TPSA) is 101 Å². The molecule has 1 saturated heterocycles. The van der Waals surface area contributed by atoms with Crippen molar-refractivity contribution in [3.05, 3.63) is 30.9 Å². The zero-order valence-electron chi connectivity index (χ0n) is 14.7. The number of carbonyl (C=O) groups is 1. The van der Waals surface area contributed by atoms with Crippen molar-refractivity contribution in [1.29, 1.82) is 0 Å². The smallest absolute Gasteiger partial charge is 0.326 e. The summed E-state index contributed by atoms with van der Waals surface area (Å²) in [6.45, 7) is 4.79. The van der Waals surface area contributed by atoms with Crippen molar-refractivity contribution in [2.24, 2.45) is 0 Å². The van der Waals surface area contributed by atoms with Crippen LogP contribution >= 0.6 is 0 Å². The molecule has 1 aliphatic heterocycles. The largest absolute Gasteiger partial charge is 0.480 e. The second-order valence-electron chi connectivity index (χ2n) is 6.71. The molecule has 0 aliphatic carbocycles. The van der Waals surface area contributed by atoms with Crippen LogP contribution in [0.5, 0.6) is 0 Å². The Bertz CT molecular complexity index is 946. The number of carboxylic acid groups (broad SMARTS) is 1. The molecule has 1 aliphatic rings. The molecule has 1 fully saturated rings. The summed E-state index contributed by atoms with van der Waals surface area (Å²) >= 11 is 0. The number of nitrogens with one attached hydrogen (secondary N) is 1. The number of hydrogen-bond donors (Lipinski definition) is 2. The maximum absolute atomic E-state index is 11.5. The van der Waals surface area contributed by atoms with E-state index in [2.05, 4.69) is 34.2 Å². The highest BCUT2D eigenvalue weighted by Gasteiger charge is 2.33. The highest BCUT2D eigenvalue weighted by Crippen LogP contribution is 2.26. The van der Waals surface area contributed by atoms with Crippen molar-refractivity contribution in [3.8, 4) is 0 Å². The lowest BCUT2D eigenvalue weighted by atomic mass is 10.2. The van der Waals surface area contributed by atoms with Crippen molar-refractivity contribution in [2.45, 2.75) is 38.8 Å². The zero-order chi connectivity index (χ0) is 18.3. The van der Waals surface area contributed by atoms with Crippen LogP contribution in [0.15, 0.2) is 30.9 Å². The maximum Gasteiger partial charge on any atom is 0.326 e. The normalized spacial score (nSPS) is 17.3. The van der Waals surface area contributed by atoms with Crippen LogP contribution in [0.1, 0.15) is 32.7 Å². The Kier molecular flexibility index (Phi) is 3.98. The highest BCUT2D eigenvalue weighted by molar-refractivity contribution is 5.79. The number of hydrogen-bond acceptors (Lipinski definition) is 6. The summed E-state index contributed by atoms with van der Waals surface area (Å²) in [6.07, 6.45) is 6.92. The number of aliphatic carboxylic acids is 1. The number of nitrogens with zero attached hydrogens (tertiary/aromatic N) is 6. The molecule has 0 saturated carbocycles. The number of imidazole rings is 1. The highest BCUT2D eigenvalue weighted by atomic mass is 16.4. The van der Waals surface area contributed by atoms with Gasteiger partial charge in [0, 0.05) is 25.0 Å². The van der Waals surface area contributed by atoms with Crippen molar-refractivity contribution >= 4 is 29.1 Å². The molecule has 1 atom stereocenters. The van der Waals surface area contributed by atoms with E-state index < -0.39 is 12.0 Å². The Balaban J connectivity index is 1.71. The Hall–Kier alpha value is -3.10. The molecule has 9 nitrogen and oxygen atoms in total. The van der Waals surface area contributed by atoms with E-state index in [0.717, 1.165) is 11.9 Å². The second-order valence-corrected chi connectivity index (χ2v) is 6.71. The first-order chi connectivity index (χ1) is 12.5. The SMILES string of the molecule is CC(C)n1cnc(Nc2nc(N3CCC[C@H]3C(=O)O)nn3cccc23)c1. The summed E-state index contributed by atoms with van der Waals surface area (Å²) in [6, 6.07) is 3.51. The van der Waals surface area contributed by atoms with Gasteiger partial charge in [0.1, 0.15) is 17.4 Å². The van der Waals surface area contributed by atoms with E-state index in [-0.39, 0.29) is 0 Å². The number of aromatic nitrogens is 5. The van der Waals surface area contributed by atoms with E-state index in [1.54, 1.807) is 15.7 Å². The third-order valence-corrected chi connectivity index (χ3v) is 4.62. The lowest BCUT2D eigenvalue weighted by Crippen LogP contribution is -2.37. The number of carboxylic acids is 1. The van der Waals surface area contributed by atoms with Crippen molar-refractivity contribution in [3.63, 3.8) is 0 Å². The van der Waals surface area contributed by atoms with Gasteiger partial charge in [-0.3, -0.25) is 0 Å². The Morgan fingerprint density at radius 3 is 3.00 bits per heavy atom. The van der Waals surface area contributed by atoms with E-state index in [9.17, 15) is 9.90 Å². The molecule has 3 aromatic rings. The predicted molar refractivity (Wildman–Crippen MR) is 96.9 cm³/mol. The number of fused-ring (bicyclic) bond motifs is 1. The van der Waals surface area contributed by atoms with Crippen LogP contribution in [0.25, 0.3) is 5.52 Å². The molecule has 0 bridgehead atoms. The summed E-state index contributed by atoms with van der Waals surface area (Å²) < 4.78 is 3.71. The van der Waals surface area contributed by atoms with Crippen LogP contribution in [0.2, 0.25) is 0 Å². The van der Waals surface area contributed by atoms with Gasteiger partial charge in [0.15, 0.2) is 5.82 Å². The monoisotopic (exact) mass is 355 g/mol. The van der Waals surface area contributed by atoms with E-state index in [1.807, 2.05) is 29.1 Å². The number of anilines is 3. The van der Waals surface area contributed by atoms with Crippen LogP contribution in [0, 0.1) is 0 Å². The van der Waals surface area contributed by atoms with Gasteiger partial charge in [-0.1, -0.05) is 0 Å². The first kappa shape index (κ1) is 16.4. The summed E-state index contributed by atoms with van der Waals surface area (Å²) in [5, 5.41) is 17.2. The zero-order valence-corrected chi connectivity index (χ0v) is 14.7. The third-order valence-electron chi connectivity index (χ3n) is 4.62. The molecule has 3 aromatic heterocycles. The van der Waals surface area contributed by atoms with Crippen molar-refractivity contribution in [1.82, 2.24) is 24.1 Å². The van der Waals surface area contributed by atoms with Gasteiger partial charge in [0.2, 0.25) is 5.95 Å². The van der Waals surface area contributed by atoms with Gasteiger partial charge in [-0.05, 0) is 38.8 Å². The van der Waals surface area contributed by atoms with Gasteiger partial charge < -0.3 is 19.9 Å². The lowest BCUT2D eigenvalue weighted by molar-refractivity contribution is -0.138. The first-order valence-electron chi connectivity index (χ1n) is 8.68. The fourth-order valence-corrected chi connectivity index (χ4v) is 3.20. The molecule has 26 heavy (non-hydrogen) atoms. The van der Waals surface area contributed by atoms with Crippen molar-refractivity contribution in [2.75, 3.05) is 16.8 Å². The first-order valence-corrected chi connectivity index (χ1v) is 8.68. The average molecular weight is 355 g/mol. The molecule has 0 amide bonds. The molecule has 4 rings (SSSR count). The molecular weight excluding hydrogens is 334 g/mol. The molecule has 2 N–H and O–H groups in total. The minimum atomic E-state index is -0.844. The maximum atomic E-state index is 11.5. The number of rotatable bonds is 5. The van der Waals surface area contributed by atoms with Gasteiger partial charge in [-0.25, -0.2) is 14.3 Å². The minimum absolute atomic E-state index is 0.313. The van der Waals surface area contributed by atoms with Crippen LogP contribution in [0.3, 0.4) is 0 Å². The second kappa shape index (κ2) is 6.32. The molecule has 0 unspecified atom stereocenters. The van der Waals surface area contributed by atoms with Gasteiger partial charge >= 0.3 is 5.97 Å². The van der Waals surface area contributed by atoms with E-state index in [0.29, 0.717) is 36.6 Å². The Morgan fingerprint density at radius 2 is 2.27 bits per heavy atom. The van der Waals surface area contributed by atoms with Crippen LogP contribution in [-0.4, -0.2) is 47.8 Å². The predicted octanol–water partition coefficient (Wildman–Crippen LogP) is 2.30. The Morgan fingerprint density at radius 1 is 1.42 bits per heavy atom. The summed E-state index contributed by atoms with van der Waals surface area (Å²) in [5.41, 5.74) is 0.805. The van der Waals surface area contributed by atoms with E-state index in [4.69, 9.17) is 0 Å². The summed E-state index contributed by atoms with van der Waals surface area (Å²) in [5.74, 6) is 0.848. The summed E-state index contributed by atoms with van der Waals surface area (Å²) in [7, 11) is 0. The quantitative estimate of drug-likeness (QED) is 0.724. The fraction of sp³-hybridized carbons (Fsp3) is 0.412. The van der Waals surface area contributed by atoms with E-state index in [1.165, 1.54) is 0 Å². The van der Waals surface area contributed by atoms with Gasteiger partial charge in [-0.15, -0.1) is 5.10 Å². The molecule has 0 aromatic carbocycles. The minimum Gasteiger partial charge on any atom is -0.480 e. The standard InChI is InChI=1S/C17H21N7O2/c1-11(2)22-9-14(18-10-22)19-15-12-5-4-8-24(12)21-17(20-15)23-7-3-6-13(23)16(25)26/h4-5,8-11,13H,3,6-7H2,1-2H3,(H,25,26)(H,19,20,21)/t13-/m0/s1. The van der Waals surface area contributed by atoms with Crippen LogP contribution < -0.4 is 10.2 Å². The van der Waals surface area contributed by atoms with Crippen LogP contribution in [0.4, 0.5) is 17.6 Å². The molecule has 9 heteroatoms. The average Bonchev–Trinajstić information content (AvgIpc) is 3.34. The fourth-order valence-electron chi connectivity index (χ4n) is 3.20. The molecular formula is C17H21N7O2. The molecule has 136 valence electrons. The molecule has 0 radical (unpaired) electrons. The van der Waals surface area contributed by atoms with Crippen LogP contribution in [-0.2, 0) is 4.79 Å². The van der Waals surface area contributed by atoms with Gasteiger partial charge in [0.05, 0.1) is 6.33 Å². The van der Waals surface area contributed by atoms with Crippen molar-refractivity contribution < 1.29 is 9.90 Å². The molecule has 0 spiro atoms. The molecule has 4 heterocycles. The van der Waals surface area contributed by atoms with Gasteiger partial charge in [-0.2, -0.15) is 4.98 Å². The Labute approximate surface area is 150 Å². The van der Waals surface area contributed by atoms with Gasteiger partial charge in [0.25, 0.3) is 0 Å². The summed E-state index contributed by atoms with van der Waals surface area (Å²) in [4.78, 5) is 22.2. The lowest BCUT2D eigenvalue weighted by Gasteiger charge is -2.22. The van der Waals surface area contributed by atoms with E-state index >= 15 is 0 Å². The third kappa shape index (κ3) is 2.85.